The molecule has 2 nitrogen and oxygen atoms in total. The summed E-state index contributed by atoms with van der Waals surface area (Å²) in [5.41, 5.74) is 1.95. The van der Waals surface area contributed by atoms with Crippen LogP contribution in [0.25, 0.3) is 21.8 Å². The van der Waals surface area contributed by atoms with Crippen molar-refractivity contribution in [3.8, 4) is 0 Å². The molecule has 0 fully saturated rings. The van der Waals surface area contributed by atoms with Gasteiger partial charge < -0.3 is 0 Å². The maximum absolute atomic E-state index is 4.35. The summed E-state index contributed by atoms with van der Waals surface area (Å²) < 4.78 is 2.80. The van der Waals surface area contributed by atoms with E-state index in [0.29, 0.717) is 0 Å². The van der Waals surface area contributed by atoms with Gasteiger partial charge in [-0.2, -0.15) is 0 Å². The molecule has 5 aromatic rings. The summed E-state index contributed by atoms with van der Waals surface area (Å²) in [6, 6.07) is 33.4. The molecule has 0 aliphatic carbocycles. The van der Waals surface area contributed by atoms with E-state index in [0.717, 1.165) is 21.8 Å². The molecular formula is C24H18Br2N2Sn. The second kappa shape index (κ2) is 9.37. The van der Waals surface area contributed by atoms with Crippen molar-refractivity contribution >= 4 is 68.3 Å². The molecule has 0 unspecified atom stereocenters. The molecule has 2 heterocycles. The molecule has 0 N–H and O–H groups in total. The molecule has 3 aromatic carbocycles. The molecule has 142 valence electrons. The standard InChI is InChI=1S/C12H8N2.2C6H5.2BrH.Sn/c1-3-9-5-6-10-4-2-8-14-12(10)11(9)13-7-1;2*1-2-4-6-5-3-1;;;/h1-8H;2*1-5H;2*1H;/q;;;;;+2/p-2. The summed E-state index contributed by atoms with van der Waals surface area (Å²) in [7, 11) is 0. The molecule has 0 bridgehead atoms. The molecule has 0 aliphatic heterocycles. The van der Waals surface area contributed by atoms with Crippen LogP contribution in [0.5, 0.6) is 0 Å². The molecule has 29 heavy (non-hydrogen) atoms. The minimum absolute atomic E-state index is 0.977. The van der Waals surface area contributed by atoms with Gasteiger partial charge in [-0.15, -0.1) is 0 Å². The Bertz CT molecular complexity index is 1130. The smallest absolute Gasteiger partial charge is 0.0964 e. The van der Waals surface area contributed by atoms with Crippen molar-refractivity contribution in [3.05, 3.63) is 109 Å². The molecule has 0 spiro atoms. The van der Waals surface area contributed by atoms with Crippen LogP contribution in [0.3, 0.4) is 0 Å². The average Bonchev–Trinajstić information content (AvgIpc) is 2.80. The van der Waals surface area contributed by atoms with Gasteiger partial charge in [-0.1, -0.05) is 24.3 Å². The van der Waals surface area contributed by atoms with Crippen LogP contribution < -0.4 is 7.16 Å². The van der Waals surface area contributed by atoms with E-state index in [9.17, 15) is 0 Å². The van der Waals surface area contributed by atoms with Crippen molar-refractivity contribution in [2.75, 3.05) is 0 Å². The Morgan fingerprint density at radius 1 is 0.483 bits per heavy atom. The minimum Gasteiger partial charge on any atom is -0.254 e. The molecular weight excluding hydrogens is 595 g/mol. The molecule has 0 amide bonds. The number of fused-ring (bicyclic) bond motifs is 3. The van der Waals surface area contributed by atoms with Crippen molar-refractivity contribution < 1.29 is 0 Å². The molecule has 2 aromatic heterocycles. The minimum atomic E-state index is -2.62. The van der Waals surface area contributed by atoms with Gasteiger partial charge in [0.15, 0.2) is 0 Å². The van der Waals surface area contributed by atoms with Gasteiger partial charge in [0.2, 0.25) is 0 Å². The average molecular weight is 613 g/mol. The van der Waals surface area contributed by atoms with E-state index >= 15 is 0 Å². The van der Waals surface area contributed by atoms with Crippen molar-refractivity contribution in [2.24, 2.45) is 0 Å². The van der Waals surface area contributed by atoms with E-state index < -0.39 is 13.9 Å². The fourth-order valence-corrected chi connectivity index (χ4v) is 14.7. The third-order valence-corrected chi connectivity index (χ3v) is 22.9. The second-order valence-electron chi connectivity index (χ2n) is 6.52. The quantitative estimate of drug-likeness (QED) is 0.186. The summed E-state index contributed by atoms with van der Waals surface area (Å²) in [5.74, 6) is 0. The molecule has 5 heteroatoms. The summed E-state index contributed by atoms with van der Waals surface area (Å²) in [6.45, 7) is 0. The Balaban J connectivity index is 0.000000141. The van der Waals surface area contributed by atoms with E-state index in [1.165, 1.54) is 7.16 Å². The van der Waals surface area contributed by atoms with Crippen LogP contribution in [-0.2, 0) is 0 Å². The van der Waals surface area contributed by atoms with Gasteiger partial charge in [0.1, 0.15) is 0 Å². The van der Waals surface area contributed by atoms with Gasteiger partial charge in [0, 0.05) is 23.2 Å². The molecule has 0 atom stereocenters. The number of nitrogens with zero attached hydrogens (tertiary/aromatic N) is 2. The number of hydrogen-bond donors (Lipinski definition) is 0. The van der Waals surface area contributed by atoms with Crippen molar-refractivity contribution in [2.45, 2.75) is 0 Å². The van der Waals surface area contributed by atoms with E-state index in [4.69, 9.17) is 0 Å². The Morgan fingerprint density at radius 2 is 0.897 bits per heavy atom. The van der Waals surface area contributed by atoms with Crippen LogP contribution in [0.1, 0.15) is 0 Å². The second-order valence-corrected chi connectivity index (χ2v) is 36.2. The molecule has 5 rings (SSSR count). The fourth-order valence-electron chi connectivity index (χ4n) is 3.14. The summed E-state index contributed by atoms with van der Waals surface area (Å²) in [4.78, 5) is 8.69. The predicted molar refractivity (Wildman–Crippen MR) is 133 cm³/mol. The molecule has 0 radical (unpaired) electrons. The van der Waals surface area contributed by atoms with Crippen molar-refractivity contribution in [3.63, 3.8) is 0 Å². The topological polar surface area (TPSA) is 25.8 Å². The van der Waals surface area contributed by atoms with Crippen LogP contribution in [0, 0.1) is 0 Å². The Hall–Kier alpha value is -1.76. The van der Waals surface area contributed by atoms with Crippen LogP contribution in [0.15, 0.2) is 109 Å². The number of pyridine rings is 2. The van der Waals surface area contributed by atoms with E-state index in [2.05, 4.69) is 120 Å². The summed E-state index contributed by atoms with van der Waals surface area (Å²) in [5, 5.41) is 2.28. The Labute approximate surface area is 186 Å². The molecule has 0 saturated carbocycles. The third kappa shape index (κ3) is 4.71. The monoisotopic (exact) mass is 612 g/mol. The largest absolute Gasteiger partial charge is 0.254 e. The first-order valence-electron chi connectivity index (χ1n) is 9.23. The van der Waals surface area contributed by atoms with Crippen LogP contribution >= 0.6 is 25.4 Å². The number of rotatable bonds is 2. The van der Waals surface area contributed by atoms with Gasteiger partial charge in [-0.05, 0) is 12.1 Å². The first kappa shape index (κ1) is 20.5. The van der Waals surface area contributed by atoms with Gasteiger partial charge in [0.25, 0.3) is 0 Å². The van der Waals surface area contributed by atoms with Gasteiger partial charge in [-0.3, -0.25) is 9.97 Å². The number of benzene rings is 3. The van der Waals surface area contributed by atoms with E-state index in [-0.39, 0.29) is 0 Å². The Kier molecular flexibility index (Phi) is 6.63. The zero-order chi connectivity index (χ0) is 20.1. The van der Waals surface area contributed by atoms with Gasteiger partial charge in [-0.25, -0.2) is 0 Å². The van der Waals surface area contributed by atoms with Gasteiger partial charge in [0.05, 0.1) is 11.0 Å². The maximum atomic E-state index is 4.35. The van der Waals surface area contributed by atoms with Crippen molar-refractivity contribution in [1.29, 1.82) is 0 Å². The van der Waals surface area contributed by atoms with Crippen LogP contribution in [0.2, 0.25) is 0 Å². The maximum Gasteiger partial charge on any atom is 0.0964 e. The number of aromatic nitrogens is 2. The van der Waals surface area contributed by atoms with E-state index in [1.807, 2.05) is 12.1 Å². The zero-order valence-corrected chi connectivity index (χ0v) is 21.6. The first-order chi connectivity index (χ1) is 14.2. The number of halogens is 2. The zero-order valence-electron chi connectivity index (χ0n) is 15.5. The first-order valence-corrected chi connectivity index (χ1v) is 24.9. The van der Waals surface area contributed by atoms with E-state index in [1.54, 1.807) is 12.4 Å². The third-order valence-electron chi connectivity index (χ3n) is 4.62. The fraction of sp³-hybridized carbons (Fsp3) is 0. The summed E-state index contributed by atoms with van der Waals surface area (Å²) >= 11 is 5.23. The Morgan fingerprint density at radius 3 is 1.31 bits per heavy atom. The van der Waals surface area contributed by atoms with Gasteiger partial charge >= 0.3 is 107 Å². The summed E-state index contributed by atoms with van der Waals surface area (Å²) in [6.07, 6.45) is 3.60. The number of hydrogen-bond acceptors (Lipinski definition) is 2. The normalized spacial score (nSPS) is 11.1. The van der Waals surface area contributed by atoms with Crippen LogP contribution in [0.4, 0.5) is 0 Å². The predicted octanol–water partition coefficient (Wildman–Crippen LogP) is 5.82. The van der Waals surface area contributed by atoms with Crippen LogP contribution in [-0.4, -0.2) is 23.9 Å². The SMILES string of the molecule is [Br][Sn]([Br])([c]1ccccc1)[c]1ccccc1.c1cnc2c(c1)ccc1cccnc12. The van der Waals surface area contributed by atoms with Crippen molar-refractivity contribution in [1.82, 2.24) is 9.97 Å². The molecule has 0 aliphatic rings. The molecule has 0 saturated heterocycles.